The summed E-state index contributed by atoms with van der Waals surface area (Å²) in [6.07, 6.45) is 3.05. The minimum atomic E-state index is -0.380. The highest BCUT2D eigenvalue weighted by Gasteiger charge is 2.11. The molecule has 2 rings (SSSR count). The minimum absolute atomic E-state index is 0.380. The van der Waals surface area contributed by atoms with Crippen LogP contribution in [0.5, 0.6) is 11.5 Å². The highest BCUT2D eigenvalue weighted by molar-refractivity contribution is 9.10. The van der Waals surface area contributed by atoms with E-state index in [2.05, 4.69) is 29.8 Å². The van der Waals surface area contributed by atoms with Gasteiger partial charge in [-0.3, -0.25) is 0 Å². The van der Waals surface area contributed by atoms with Crippen molar-refractivity contribution in [2.75, 3.05) is 6.61 Å². The van der Waals surface area contributed by atoms with Gasteiger partial charge in [0.1, 0.15) is 11.5 Å². The number of halogens is 1. The molecule has 0 aliphatic heterocycles. The van der Waals surface area contributed by atoms with Crippen molar-refractivity contribution >= 4 is 21.9 Å². The Labute approximate surface area is 145 Å². The SMILES string of the molecule is CCCCOc1ccc(C(=O)Oc2ccc(CC)cc2Br)cc1. The van der Waals surface area contributed by atoms with Gasteiger partial charge in [-0.1, -0.05) is 26.3 Å². The van der Waals surface area contributed by atoms with E-state index < -0.39 is 0 Å². The first-order valence-corrected chi connectivity index (χ1v) is 8.66. The van der Waals surface area contributed by atoms with Crippen LogP contribution in [-0.4, -0.2) is 12.6 Å². The summed E-state index contributed by atoms with van der Waals surface area (Å²) in [7, 11) is 0. The molecule has 0 aliphatic rings. The predicted octanol–water partition coefficient (Wildman–Crippen LogP) is 5.41. The smallest absolute Gasteiger partial charge is 0.343 e. The maximum absolute atomic E-state index is 12.2. The second-order valence-electron chi connectivity index (χ2n) is 5.23. The molecule has 0 saturated heterocycles. The molecule has 0 amide bonds. The van der Waals surface area contributed by atoms with Crippen LogP contribution in [0.4, 0.5) is 0 Å². The molecule has 0 aliphatic carbocycles. The number of aryl methyl sites for hydroxylation is 1. The Balaban J connectivity index is 2.00. The van der Waals surface area contributed by atoms with Crippen molar-refractivity contribution in [3.8, 4) is 11.5 Å². The molecule has 0 atom stereocenters. The van der Waals surface area contributed by atoms with E-state index in [0.29, 0.717) is 17.9 Å². The summed E-state index contributed by atoms with van der Waals surface area (Å²) in [6.45, 7) is 4.89. The molecule has 0 radical (unpaired) electrons. The number of esters is 1. The molecule has 0 saturated carbocycles. The molecule has 2 aromatic rings. The van der Waals surface area contributed by atoms with Crippen molar-refractivity contribution < 1.29 is 14.3 Å². The monoisotopic (exact) mass is 376 g/mol. The number of hydrogen-bond acceptors (Lipinski definition) is 3. The summed E-state index contributed by atoms with van der Waals surface area (Å²) in [5.74, 6) is 0.911. The molecule has 23 heavy (non-hydrogen) atoms. The third-order valence-electron chi connectivity index (χ3n) is 3.46. The van der Waals surface area contributed by atoms with Crippen molar-refractivity contribution in [1.82, 2.24) is 0 Å². The number of rotatable bonds is 7. The molecule has 0 unspecified atom stereocenters. The maximum Gasteiger partial charge on any atom is 0.343 e. The van der Waals surface area contributed by atoms with Crippen LogP contribution in [-0.2, 0) is 6.42 Å². The topological polar surface area (TPSA) is 35.5 Å². The standard InChI is InChI=1S/C19H21BrO3/c1-3-5-12-22-16-9-7-15(8-10-16)19(21)23-18-11-6-14(4-2)13-17(18)20/h6-11,13H,3-5,12H2,1-2H3. The summed E-state index contributed by atoms with van der Waals surface area (Å²) >= 11 is 3.44. The molecule has 0 N–H and O–H groups in total. The zero-order chi connectivity index (χ0) is 16.7. The molecule has 3 nitrogen and oxygen atoms in total. The average Bonchev–Trinajstić information content (AvgIpc) is 2.57. The zero-order valence-electron chi connectivity index (χ0n) is 13.5. The molecular formula is C19H21BrO3. The quantitative estimate of drug-likeness (QED) is 0.368. The highest BCUT2D eigenvalue weighted by atomic mass is 79.9. The van der Waals surface area contributed by atoms with Crippen molar-refractivity contribution in [3.05, 3.63) is 58.1 Å². The van der Waals surface area contributed by atoms with E-state index >= 15 is 0 Å². The van der Waals surface area contributed by atoms with Crippen LogP contribution in [0.15, 0.2) is 46.9 Å². The van der Waals surface area contributed by atoms with E-state index in [1.165, 1.54) is 5.56 Å². The van der Waals surface area contributed by atoms with Crippen LogP contribution in [0.25, 0.3) is 0 Å². The first kappa shape index (κ1) is 17.5. The van der Waals surface area contributed by atoms with Crippen molar-refractivity contribution in [2.24, 2.45) is 0 Å². The Bertz CT molecular complexity index is 650. The summed E-state index contributed by atoms with van der Waals surface area (Å²) < 4.78 is 11.8. The second kappa shape index (κ2) is 8.73. The van der Waals surface area contributed by atoms with Crippen LogP contribution in [0.2, 0.25) is 0 Å². The molecule has 0 aromatic heterocycles. The van der Waals surface area contributed by atoms with E-state index in [-0.39, 0.29) is 5.97 Å². The van der Waals surface area contributed by atoms with Gasteiger partial charge in [0, 0.05) is 0 Å². The second-order valence-corrected chi connectivity index (χ2v) is 6.09. The molecular weight excluding hydrogens is 356 g/mol. The Morgan fingerprint density at radius 3 is 2.43 bits per heavy atom. The van der Waals surface area contributed by atoms with Gasteiger partial charge in [0.25, 0.3) is 0 Å². The predicted molar refractivity (Wildman–Crippen MR) is 95.3 cm³/mol. The third kappa shape index (κ3) is 5.10. The lowest BCUT2D eigenvalue weighted by Crippen LogP contribution is -2.09. The van der Waals surface area contributed by atoms with Gasteiger partial charge in [-0.05, 0) is 70.7 Å². The molecule has 0 heterocycles. The number of carbonyl (C=O) groups is 1. The van der Waals surface area contributed by atoms with Crippen molar-refractivity contribution in [1.29, 1.82) is 0 Å². The third-order valence-corrected chi connectivity index (χ3v) is 4.08. The normalized spacial score (nSPS) is 10.4. The molecule has 0 bridgehead atoms. The fourth-order valence-electron chi connectivity index (χ4n) is 2.03. The van der Waals surface area contributed by atoms with E-state index in [4.69, 9.17) is 9.47 Å². The number of ether oxygens (including phenoxy) is 2. The van der Waals surface area contributed by atoms with E-state index in [0.717, 1.165) is 29.5 Å². The summed E-state index contributed by atoms with van der Waals surface area (Å²) in [5.41, 5.74) is 1.68. The van der Waals surface area contributed by atoms with Gasteiger partial charge in [-0.2, -0.15) is 0 Å². The Hall–Kier alpha value is -1.81. The first-order valence-electron chi connectivity index (χ1n) is 7.87. The molecule has 0 spiro atoms. The molecule has 4 heteroatoms. The largest absolute Gasteiger partial charge is 0.494 e. The molecule has 2 aromatic carbocycles. The number of unbranched alkanes of at least 4 members (excludes halogenated alkanes) is 1. The Morgan fingerprint density at radius 1 is 1.09 bits per heavy atom. The lowest BCUT2D eigenvalue weighted by atomic mass is 10.2. The van der Waals surface area contributed by atoms with Crippen LogP contribution in [0, 0.1) is 0 Å². The van der Waals surface area contributed by atoms with Gasteiger partial charge < -0.3 is 9.47 Å². The van der Waals surface area contributed by atoms with Gasteiger partial charge in [0.05, 0.1) is 16.6 Å². The summed E-state index contributed by atoms with van der Waals surface area (Å²) in [5, 5.41) is 0. The first-order chi connectivity index (χ1) is 11.1. The van der Waals surface area contributed by atoms with Gasteiger partial charge >= 0.3 is 5.97 Å². The maximum atomic E-state index is 12.2. The minimum Gasteiger partial charge on any atom is -0.494 e. The van der Waals surface area contributed by atoms with Crippen LogP contribution in [0.1, 0.15) is 42.6 Å². The fraction of sp³-hybridized carbons (Fsp3) is 0.316. The van der Waals surface area contributed by atoms with Gasteiger partial charge in [-0.25, -0.2) is 4.79 Å². The molecule has 122 valence electrons. The highest BCUT2D eigenvalue weighted by Crippen LogP contribution is 2.27. The van der Waals surface area contributed by atoms with Crippen molar-refractivity contribution in [3.63, 3.8) is 0 Å². The van der Waals surface area contributed by atoms with Crippen LogP contribution >= 0.6 is 15.9 Å². The van der Waals surface area contributed by atoms with E-state index in [9.17, 15) is 4.79 Å². The van der Waals surface area contributed by atoms with Crippen LogP contribution < -0.4 is 9.47 Å². The van der Waals surface area contributed by atoms with E-state index in [1.807, 2.05) is 18.2 Å². The van der Waals surface area contributed by atoms with Gasteiger partial charge in [0.15, 0.2) is 0 Å². The zero-order valence-corrected chi connectivity index (χ0v) is 15.1. The lowest BCUT2D eigenvalue weighted by molar-refractivity contribution is 0.0733. The summed E-state index contributed by atoms with van der Waals surface area (Å²) in [4.78, 5) is 12.2. The van der Waals surface area contributed by atoms with Crippen molar-refractivity contribution in [2.45, 2.75) is 33.1 Å². The van der Waals surface area contributed by atoms with Gasteiger partial charge in [-0.15, -0.1) is 0 Å². The van der Waals surface area contributed by atoms with Crippen LogP contribution in [0.3, 0.4) is 0 Å². The Kier molecular flexibility index (Phi) is 6.66. The average molecular weight is 377 g/mol. The summed E-state index contributed by atoms with van der Waals surface area (Å²) in [6, 6.07) is 12.8. The van der Waals surface area contributed by atoms with E-state index in [1.54, 1.807) is 24.3 Å². The molecule has 0 fully saturated rings. The number of benzene rings is 2. The lowest BCUT2D eigenvalue weighted by Gasteiger charge is -2.09. The van der Waals surface area contributed by atoms with Gasteiger partial charge in [0.2, 0.25) is 0 Å². The number of carbonyl (C=O) groups excluding carboxylic acids is 1. The fourth-order valence-corrected chi connectivity index (χ4v) is 2.53. The Morgan fingerprint density at radius 2 is 1.83 bits per heavy atom. The number of hydrogen-bond donors (Lipinski definition) is 0.